The topological polar surface area (TPSA) is 78.6 Å². The zero-order valence-corrected chi connectivity index (χ0v) is 17.0. The van der Waals surface area contributed by atoms with Crippen LogP contribution in [0.1, 0.15) is 12.8 Å². The van der Waals surface area contributed by atoms with Gasteiger partial charge in [-0.15, -0.1) is 0 Å². The number of fused-ring (bicyclic) bond motifs is 2. The minimum atomic E-state index is -0.125. The number of rotatable bonds is 5. The van der Waals surface area contributed by atoms with Crippen molar-refractivity contribution in [2.75, 3.05) is 39.5 Å². The summed E-state index contributed by atoms with van der Waals surface area (Å²) in [6, 6.07) is 5.40. The van der Waals surface area contributed by atoms with Crippen LogP contribution < -0.4 is 11.1 Å². The highest BCUT2D eigenvalue weighted by atomic mass is 16.5. The van der Waals surface area contributed by atoms with E-state index in [1.165, 1.54) is 0 Å². The van der Waals surface area contributed by atoms with Crippen molar-refractivity contribution in [3.05, 3.63) is 51.3 Å². The molecule has 5 rings (SSSR count). The Morgan fingerprint density at radius 2 is 1.63 bits per heavy atom. The Labute approximate surface area is 173 Å². The molecule has 2 aliphatic heterocycles. The van der Waals surface area contributed by atoms with Crippen LogP contribution in [-0.4, -0.2) is 64.6 Å². The lowest BCUT2D eigenvalue weighted by Gasteiger charge is -2.26. The van der Waals surface area contributed by atoms with Crippen LogP contribution in [0.15, 0.2) is 40.2 Å². The highest BCUT2D eigenvalue weighted by molar-refractivity contribution is 5.91. The lowest BCUT2D eigenvalue weighted by atomic mass is 10.2. The molecule has 0 spiro atoms. The van der Waals surface area contributed by atoms with Crippen molar-refractivity contribution >= 4 is 21.8 Å². The molecule has 0 N–H and O–H groups in total. The van der Waals surface area contributed by atoms with E-state index < -0.39 is 0 Å². The molecule has 0 saturated carbocycles. The van der Waals surface area contributed by atoms with E-state index in [4.69, 9.17) is 9.47 Å². The second-order valence-electron chi connectivity index (χ2n) is 8.03. The SMILES string of the molecule is O=c1c2cc3c(=O)n(CC4CCCO4)ccc3nc2ccn1CCN1CCOCC1. The predicted molar refractivity (Wildman–Crippen MR) is 114 cm³/mol. The fourth-order valence-corrected chi connectivity index (χ4v) is 4.31. The lowest BCUT2D eigenvalue weighted by Crippen LogP contribution is -2.39. The van der Waals surface area contributed by atoms with Gasteiger partial charge in [0, 0.05) is 45.2 Å². The third-order valence-electron chi connectivity index (χ3n) is 6.07. The van der Waals surface area contributed by atoms with Crippen LogP contribution in [0.2, 0.25) is 0 Å². The van der Waals surface area contributed by atoms with Gasteiger partial charge in [0.15, 0.2) is 0 Å². The van der Waals surface area contributed by atoms with Gasteiger partial charge >= 0.3 is 0 Å². The molecular formula is C22H26N4O4. The van der Waals surface area contributed by atoms with Crippen LogP contribution in [0, 0.1) is 0 Å². The predicted octanol–water partition coefficient (Wildman–Crippen LogP) is 1.22. The Bertz CT molecular complexity index is 1170. The van der Waals surface area contributed by atoms with Gasteiger partial charge in [-0.2, -0.15) is 0 Å². The van der Waals surface area contributed by atoms with Gasteiger partial charge in [-0.3, -0.25) is 14.5 Å². The summed E-state index contributed by atoms with van der Waals surface area (Å²) in [5, 5.41) is 0.963. The van der Waals surface area contributed by atoms with E-state index in [0.29, 0.717) is 34.9 Å². The largest absolute Gasteiger partial charge is 0.379 e. The average Bonchev–Trinajstić information content (AvgIpc) is 3.29. The molecule has 3 aromatic rings. The lowest BCUT2D eigenvalue weighted by molar-refractivity contribution is 0.0363. The molecule has 1 atom stereocenters. The Morgan fingerprint density at radius 3 is 2.33 bits per heavy atom. The maximum atomic E-state index is 13.1. The number of nitrogens with zero attached hydrogens (tertiary/aromatic N) is 4. The summed E-state index contributed by atoms with van der Waals surface area (Å²) >= 11 is 0. The molecular weight excluding hydrogens is 384 g/mol. The normalized spacial score (nSPS) is 20.3. The molecule has 0 aromatic carbocycles. The number of hydrogen-bond donors (Lipinski definition) is 0. The first kappa shape index (κ1) is 19.4. The van der Waals surface area contributed by atoms with Crippen LogP contribution in [-0.2, 0) is 22.6 Å². The smallest absolute Gasteiger partial charge is 0.260 e. The second kappa shape index (κ2) is 8.29. The molecule has 2 aliphatic rings. The molecule has 0 bridgehead atoms. The van der Waals surface area contributed by atoms with E-state index in [9.17, 15) is 9.59 Å². The van der Waals surface area contributed by atoms with E-state index in [1.807, 2.05) is 12.1 Å². The molecule has 8 heteroatoms. The maximum Gasteiger partial charge on any atom is 0.260 e. The van der Waals surface area contributed by atoms with Gasteiger partial charge in [0.1, 0.15) is 0 Å². The molecule has 0 aliphatic carbocycles. The maximum absolute atomic E-state index is 13.1. The molecule has 30 heavy (non-hydrogen) atoms. The molecule has 2 saturated heterocycles. The van der Waals surface area contributed by atoms with Crippen molar-refractivity contribution in [2.24, 2.45) is 0 Å². The minimum absolute atomic E-state index is 0.0750. The molecule has 0 radical (unpaired) electrons. The summed E-state index contributed by atoms with van der Waals surface area (Å²) in [4.78, 5) is 33.0. The molecule has 8 nitrogen and oxygen atoms in total. The summed E-state index contributed by atoms with van der Waals surface area (Å²) in [6.45, 7) is 5.93. The first-order valence-electron chi connectivity index (χ1n) is 10.6. The zero-order chi connectivity index (χ0) is 20.5. The van der Waals surface area contributed by atoms with Gasteiger partial charge in [0.05, 0.1) is 47.7 Å². The van der Waals surface area contributed by atoms with Gasteiger partial charge in [-0.25, -0.2) is 4.98 Å². The highest BCUT2D eigenvalue weighted by Crippen LogP contribution is 2.16. The summed E-state index contributed by atoms with van der Waals surface area (Å²) in [5.74, 6) is 0. The Kier molecular flexibility index (Phi) is 5.37. The van der Waals surface area contributed by atoms with Gasteiger partial charge in [0.2, 0.25) is 0 Å². The van der Waals surface area contributed by atoms with Crippen LogP contribution in [0.25, 0.3) is 21.8 Å². The van der Waals surface area contributed by atoms with Gasteiger partial charge in [0.25, 0.3) is 11.1 Å². The van der Waals surface area contributed by atoms with Crippen LogP contribution >= 0.6 is 0 Å². The van der Waals surface area contributed by atoms with Gasteiger partial charge in [-0.1, -0.05) is 0 Å². The molecule has 1 unspecified atom stereocenters. The van der Waals surface area contributed by atoms with E-state index in [2.05, 4.69) is 9.88 Å². The fourth-order valence-electron chi connectivity index (χ4n) is 4.31. The van der Waals surface area contributed by atoms with E-state index in [-0.39, 0.29) is 17.2 Å². The zero-order valence-electron chi connectivity index (χ0n) is 17.0. The molecule has 0 amide bonds. The Balaban J connectivity index is 1.47. The van der Waals surface area contributed by atoms with E-state index in [0.717, 1.165) is 52.3 Å². The highest BCUT2D eigenvalue weighted by Gasteiger charge is 2.18. The number of morpholine rings is 1. The first-order valence-corrected chi connectivity index (χ1v) is 10.6. The molecule has 3 aromatic heterocycles. The minimum Gasteiger partial charge on any atom is -0.379 e. The van der Waals surface area contributed by atoms with Crippen LogP contribution in [0.3, 0.4) is 0 Å². The monoisotopic (exact) mass is 410 g/mol. The number of aromatic nitrogens is 3. The average molecular weight is 410 g/mol. The summed E-state index contributed by atoms with van der Waals surface area (Å²) in [6.07, 6.45) is 5.64. The van der Waals surface area contributed by atoms with Crippen LogP contribution in [0.5, 0.6) is 0 Å². The van der Waals surface area contributed by atoms with Crippen molar-refractivity contribution in [3.63, 3.8) is 0 Å². The fraction of sp³-hybridized carbons (Fsp3) is 0.500. The van der Waals surface area contributed by atoms with Gasteiger partial charge in [-0.05, 0) is 31.0 Å². The summed E-state index contributed by atoms with van der Waals surface area (Å²) < 4.78 is 14.4. The Hall–Kier alpha value is -2.55. The van der Waals surface area contributed by atoms with Gasteiger partial charge < -0.3 is 18.6 Å². The quantitative estimate of drug-likeness (QED) is 0.589. The van der Waals surface area contributed by atoms with E-state index in [1.54, 1.807) is 27.6 Å². The standard InChI is InChI=1S/C22H26N4O4/c27-21-17-14-18-20(4-6-26(22(18)28)15-16-2-1-11-30-16)23-19(17)3-5-25(21)8-7-24-9-12-29-13-10-24/h3-6,14,16H,1-2,7-13,15H2. The van der Waals surface area contributed by atoms with Crippen molar-refractivity contribution < 1.29 is 9.47 Å². The second-order valence-corrected chi connectivity index (χ2v) is 8.03. The summed E-state index contributed by atoms with van der Waals surface area (Å²) in [5.41, 5.74) is 0.998. The summed E-state index contributed by atoms with van der Waals surface area (Å²) in [7, 11) is 0. The number of pyridine rings is 3. The molecule has 158 valence electrons. The van der Waals surface area contributed by atoms with Crippen molar-refractivity contribution in [2.45, 2.75) is 32.0 Å². The molecule has 5 heterocycles. The number of ether oxygens (including phenoxy) is 2. The third kappa shape index (κ3) is 3.78. The Morgan fingerprint density at radius 1 is 0.933 bits per heavy atom. The third-order valence-corrected chi connectivity index (χ3v) is 6.07. The van der Waals surface area contributed by atoms with Crippen molar-refractivity contribution in [1.29, 1.82) is 0 Å². The number of hydrogen-bond acceptors (Lipinski definition) is 6. The first-order chi connectivity index (χ1) is 14.7. The van der Waals surface area contributed by atoms with Crippen molar-refractivity contribution in [1.82, 2.24) is 19.0 Å². The van der Waals surface area contributed by atoms with Crippen molar-refractivity contribution in [3.8, 4) is 0 Å². The molecule has 2 fully saturated rings. The van der Waals surface area contributed by atoms with E-state index >= 15 is 0 Å². The van der Waals surface area contributed by atoms with Crippen LogP contribution in [0.4, 0.5) is 0 Å².